The van der Waals surface area contributed by atoms with Gasteiger partial charge in [0.05, 0.1) is 12.7 Å². The van der Waals surface area contributed by atoms with Crippen molar-refractivity contribution in [2.24, 2.45) is 11.3 Å². The van der Waals surface area contributed by atoms with Crippen molar-refractivity contribution >= 4 is 17.3 Å². The number of hydrogen-bond acceptors (Lipinski definition) is 4. The van der Waals surface area contributed by atoms with E-state index in [9.17, 15) is 4.79 Å². The lowest BCUT2D eigenvalue weighted by Crippen LogP contribution is -2.25. The number of esters is 1. The van der Waals surface area contributed by atoms with Crippen molar-refractivity contribution in [3.8, 4) is 0 Å². The Hall–Kier alpha value is -1.71. The molecule has 1 atom stereocenters. The predicted octanol–water partition coefficient (Wildman–Crippen LogP) is 3.46. The summed E-state index contributed by atoms with van der Waals surface area (Å²) in [5.74, 6) is 0.0973. The first-order chi connectivity index (χ1) is 9.16. The fraction of sp³-hybridized carbons (Fsp3) is 0.562. The van der Waals surface area contributed by atoms with Crippen LogP contribution in [0.25, 0.3) is 0 Å². The summed E-state index contributed by atoms with van der Waals surface area (Å²) in [5, 5.41) is 3.38. The van der Waals surface area contributed by atoms with E-state index >= 15 is 0 Å². The highest BCUT2D eigenvalue weighted by Gasteiger charge is 2.20. The van der Waals surface area contributed by atoms with E-state index < -0.39 is 5.97 Å². The standard InChI is InChI=1S/C16H26N2O2/c1-10-7-12(18-9-11(2)16(3,4)5)8-13(14(10)17)15(19)20-6/h7-8,11,18H,9,17H2,1-6H3. The first-order valence-electron chi connectivity index (χ1n) is 6.89. The van der Waals surface area contributed by atoms with Gasteiger partial charge in [0.15, 0.2) is 0 Å². The summed E-state index contributed by atoms with van der Waals surface area (Å²) < 4.78 is 4.76. The number of rotatable bonds is 4. The molecule has 20 heavy (non-hydrogen) atoms. The van der Waals surface area contributed by atoms with Gasteiger partial charge in [0.2, 0.25) is 0 Å². The number of ether oxygens (including phenoxy) is 1. The van der Waals surface area contributed by atoms with Crippen molar-refractivity contribution in [3.63, 3.8) is 0 Å². The van der Waals surface area contributed by atoms with Crippen molar-refractivity contribution < 1.29 is 9.53 Å². The third-order valence-electron chi connectivity index (χ3n) is 3.88. The van der Waals surface area contributed by atoms with Crippen molar-refractivity contribution in [3.05, 3.63) is 23.3 Å². The minimum absolute atomic E-state index is 0.237. The molecule has 0 amide bonds. The molecule has 0 heterocycles. The average molecular weight is 278 g/mol. The van der Waals surface area contributed by atoms with Gasteiger partial charge in [-0.05, 0) is 36.0 Å². The number of aryl methyl sites for hydroxylation is 1. The zero-order chi connectivity index (χ0) is 15.5. The molecule has 4 nitrogen and oxygen atoms in total. The first-order valence-corrected chi connectivity index (χ1v) is 6.89. The average Bonchev–Trinajstić information content (AvgIpc) is 2.37. The van der Waals surface area contributed by atoms with Crippen LogP contribution in [0.1, 0.15) is 43.6 Å². The van der Waals surface area contributed by atoms with E-state index in [1.165, 1.54) is 7.11 Å². The third kappa shape index (κ3) is 3.89. The lowest BCUT2D eigenvalue weighted by atomic mass is 9.82. The lowest BCUT2D eigenvalue weighted by Gasteiger charge is -2.28. The van der Waals surface area contributed by atoms with Gasteiger partial charge in [0.25, 0.3) is 0 Å². The maximum absolute atomic E-state index is 11.7. The summed E-state index contributed by atoms with van der Waals surface area (Å²) >= 11 is 0. The molecule has 0 radical (unpaired) electrons. The largest absolute Gasteiger partial charge is 0.465 e. The third-order valence-corrected chi connectivity index (χ3v) is 3.88. The zero-order valence-corrected chi connectivity index (χ0v) is 13.3. The second kappa shape index (κ2) is 6.16. The fourth-order valence-electron chi connectivity index (χ4n) is 1.76. The van der Waals surface area contributed by atoms with E-state index in [0.717, 1.165) is 17.8 Å². The van der Waals surface area contributed by atoms with Crippen molar-refractivity contribution in [1.82, 2.24) is 0 Å². The molecular weight excluding hydrogens is 252 g/mol. The van der Waals surface area contributed by atoms with Gasteiger partial charge in [0, 0.05) is 17.9 Å². The maximum atomic E-state index is 11.7. The van der Waals surface area contributed by atoms with E-state index in [1.807, 2.05) is 13.0 Å². The summed E-state index contributed by atoms with van der Waals surface area (Å²) in [6.45, 7) is 11.6. The van der Waals surface area contributed by atoms with Crippen LogP contribution in [0.3, 0.4) is 0 Å². The minimum atomic E-state index is -0.405. The van der Waals surface area contributed by atoms with E-state index in [0.29, 0.717) is 17.2 Å². The number of nitrogen functional groups attached to an aromatic ring is 1. The molecule has 0 aliphatic rings. The summed E-state index contributed by atoms with van der Waals surface area (Å²) in [6.07, 6.45) is 0. The van der Waals surface area contributed by atoms with Crippen LogP contribution in [0, 0.1) is 18.3 Å². The molecule has 112 valence electrons. The van der Waals surface area contributed by atoms with Gasteiger partial charge in [-0.2, -0.15) is 0 Å². The molecular formula is C16H26N2O2. The zero-order valence-electron chi connectivity index (χ0n) is 13.3. The van der Waals surface area contributed by atoms with Crippen molar-refractivity contribution in [2.45, 2.75) is 34.6 Å². The summed E-state index contributed by atoms with van der Waals surface area (Å²) in [6, 6.07) is 3.71. The Balaban J connectivity index is 2.92. The summed E-state index contributed by atoms with van der Waals surface area (Å²) in [7, 11) is 1.36. The molecule has 1 aromatic rings. The van der Waals surface area contributed by atoms with Gasteiger partial charge in [-0.1, -0.05) is 27.7 Å². The number of anilines is 2. The van der Waals surface area contributed by atoms with Crippen molar-refractivity contribution in [1.29, 1.82) is 0 Å². The Morgan fingerprint density at radius 3 is 2.50 bits per heavy atom. The molecule has 1 rings (SSSR count). The van der Waals surface area contributed by atoms with Gasteiger partial charge in [-0.25, -0.2) is 4.79 Å². The highest BCUT2D eigenvalue weighted by Crippen LogP contribution is 2.27. The normalized spacial score (nSPS) is 12.9. The number of nitrogens with two attached hydrogens (primary N) is 1. The molecule has 1 unspecified atom stereocenters. The second-order valence-corrected chi connectivity index (χ2v) is 6.39. The fourth-order valence-corrected chi connectivity index (χ4v) is 1.76. The number of methoxy groups -OCH3 is 1. The van der Waals surface area contributed by atoms with Crippen LogP contribution in [0.15, 0.2) is 12.1 Å². The topological polar surface area (TPSA) is 64.3 Å². The van der Waals surface area contributed by atoms with Gasteiger partial charge in [0.1, 0.15) is 0 Å². The minimum Gasteiger partial charge on any atom is -0.465 e. The molecule has 1 aromatic carbocycles. The molecule has 0 aliphatic carbocycles. The number of carbonyl (C=O) groups is 1. The number of nitrogens with one attached hydrogen (secondary N) is 1. The monoisotopic (exact) mass is 278 g/mol. The summed E-state index contributed by atoms with van der Waals surface area (Å²) in [4.78, 5) is 11.7. The number of hydrogen-bond donors (Lipinski definition) is 2. The molecule has 0 aromatic heterocycles. The van der Waals surface area contributed by atoms with Crippen LogP contribution in [-0.2, 0) is 4.74 Å². The Kier molecular flexibility index (Phi) is 5.03. The Morgan fingerprint density at radius 1 is 1.40 bits per heavy atom. The molecule has 4 heteroatoms. The van der Waals surface area contributed by atoms with Crippen LogP contribution < -0.4 is 11.1 Å². The van der Waals surface area contributed by atoms with E-state index in [1.54, 1.807) is 6.07 Å². The highest BCUT2D eigenvalue weighted by molar-refractivity contribution is 5.97. The van der Waals surface area contributed by atoms with Crippen LogP contribution >= 0.6 is 0 Å². The number of carbonyl (C=O) groups excluding carboxylic acids is 1. The van der Waals surface area contributed by atoms with Gasteiger partial charge in [-0.3, -0.25) is 0 Å². The van der Waals surface area contributed by atoms with Gasteiger partial charge >= 0.3 is 5.97 Å². The molecule has 0 saturated carbocycles. The maximum Gasteiger partial charge on any atom is 0.340 e. The molecule has 3 N–H and O–H groups in total. The molecule has 0 aliphatic heterocycles. The lowest BCUT2D eigenvalue weighted by molar-refractivity contribution is 0.0602. The van der Waals surface area contributed by atoms with Crippen LogP contribution in [0.2, 0.25) is 0 Å². The number of benzene rings is 1. The van der Waals surface area contributed by atoms with E-state index in [-0.39, 0.29) is 5.41 Å². The quantitative estimate of drug-likeness (QED) is 0.654. The molecule has 0 spiro atoms. The molecule has 0 fully saturated rings. The van der Waals surface area contributed by atoms with Crippen LogP contribution in [-0.4, -0.2) is 19.6 Å². The Bertz CT molecular complexity index is 490. The van der Waals surface area contributed by atoms with E-state index in [2.05, 4.69) is 33.0 Å². The van der Waals surface area contributed by atoms with Gasteiger partial charge < -0.3 is 15.8 Å². The Morgan fingerprint density at radius 2 is 2.00 bits per heavy atom. The SMILES string of the molecule is COC(=O)c1cc(NCC(C)C(C)(C)C)cc(C)c1N. The smallest absolute Gasteiger partial charge is 0.340 e. The van der Waals surface area contributed by atoms with Crippen molar-refractivity contribution in [2.75, 3.05) is 24.7 Å². The molecule has 0 saturated heterocycles. The highest BCUT2D eigenvalue weighted by atomic mass is 16.5. The summed E-state index contributed by atoms with van der Waals surface area (Å²) in [5.41, 5.74) is 8.83. The molecule has 0 bridgehead atoms. The second-order valence-electron chi connectivity index (χ2n) is 6.39. The van der Waals surface area contributed by atoms with E-state index in [4.69, 9.17) is 10.5 Å². The predicted molar refractivity (Wildman–Crippen MR) is 84.0 cm³/mol. The Labute approximate surface area is 121 Å². The first kappa shape index (κ1) is 16.3. The van der Waals surface area contributed by atoms with Crippen LogP contribution in [0.4, 0.5) is 11.4 Å². The van der Waals surface area contributed by atoms with Gasteiger partial charge in [-0.15, -0.1) is 0 Å². The van der Waals surface area contributed by atoms with Crippen LogP contribution in [0.5, 0.6) is 0 Å².